The van der Waals surface area contributed by atoms with Gasteiger partial charge < -0.3 is 11.1 Å². The lowest BCUT2D eigenvalue weighted by Crippen LogP contribution is -2.13. The second-order valence-electron chi connectivity index (χ2n) is 5.55. The Labute approximate surface area is 118 Å². The van der Waals surface area contributed by atoms with Gasteiger partial charge in [-0.05, 0) is 11.1 Å². The zero-order valence-electron chi connectivity index (χ0n) is 11.6. The minimum Gasteiger partial charge on any atom is -0.356 e. The number of aromatic nitrogens is 2. The number of nitrogens with one attached hydrogen (secondary N) is 1. The quantitative estimate of drug-likeness (QED) is 0.901. The molecule has 0 spiro atoms. The third-order valence-corrected chi connectivity index (χ3v) is 3.47. The Morgan fingerprint density at radius 2 is 1.79 bits per heavy atom. The highest BCUT2D eigenvalue weighted by Gasteiger charge is 2.19. The average molecular weight is 276 g/mol. The molecule has 0 saturated heterocycles. The van der Waals surface area contributed by atoms with Crippen LogP contribution in [0.4, 0.5) is 5.13 Å². The van der Waals surface area contributed by atoms with Crippen LogP contribution in [-0.4, -0.2) is 9.36 Å². The largest absolute Gasteiger partial charge is 0.356 e. The molecule has 2 rings (SSSR count). The van der Waals surface area contributed by atoms with Crippen LogP contribution in [0, 0.1) is 0 Å². The molecule has 5 heteroatoms. The van der Waals surface area contributed by atoms with Crippen molar-refractivity contribution in [3.05, 3.63) is 41.2 Å². The second kappa shape index (κ2) is 5.67. The van der Waals surface area contributed by atoms with Gasteiger partial charge in [-0.3, -0.25) is 0 Å². The Kier molecular flexibility index (Phi) is 4.17. The van der Waals surface area contributed by atoms with Crippen LogP contribution in [0.5, 0.6) is 0 Å². The monoisotopic (exact) mass is 276 g/mol. The third kappa shape index (κ3) is 3.75. The highest BCUT2D eigenvalue weighted by molar-refractivity contribution is 7.09. The van der Waals surface area contributed by atoms with Crippen LogP contribution in [0.25, 0.3) is 0 Å². The fraction of sp³-hybridized carbons (Fsp3) is 0.429. The van der Waals surface area contributed by atoms with E-state index in [1.54, 1.807) is 0 Å². The summed E-state index contributed by atoms with van der Waals surface area (Å²) >= 11 is 1.41. The van der Waals surface area contributed by atoms with E-state index in [0.717, 1.165) is 23.1 Å². The van der Waals surface area contributed by atoms with Crippen LogP contribution in [0.1, 0.15) is 37.7 Å². The molecule has 1 aromatic heterocycles. The van der Waals surface area contributed by atoms with Gasteiger partial charge in [0.25, 0.3) is 0 Å². The van der Waals surface area contributed by atoms with Gasteiger partial charge in [-0.2, -0.15) is 4.37 Å². The van der Waals surface area contributed by atoms with Gasteiger partial charge in [0.2, 0.25) is 5.13 Å². The summed E-state index contributed by atoms with van der Waals surface area (Å²) < 4.78 is 4.38. The van der Waals surface area contributed by atoms with E-state index in [4.69, 9.17) is 5.73 Å². The average Bonchev–Trinajstić information content (AvgIpc) is 2.86. The summed E-state index contributed by atoms with van der Waals surface area (Å²) in [7, 11) is 0. The number of hydrogen-bond acceptors (Lipinski definition) is 5. The van der Waals surface area contributed by atoms with Gasteiger partial charge in [0.05, 0.1) is 0 Å². The zero-order valence-corrected chi connectivity index (χ0v) is 12.4. The molecular formula is C14H20N4S. The Morgan fingerprint density at radius 3 is 2.32 bits per heavy atom. The van der Waals surface area contributed by atoms with E-state index >= 15 is 0 Å². The summed E-state index contributed by atoms with van der Waals surface area (Å²) in [6, 6.07) is 8.27. The lowest BCUT2D eigenvalue weighted by atomic mass is 9.96. The first-order valence-corrected chi connectivity index (χ1v) is 7.12. The van der Waals surface area contributed by atoms with Crippen LogP contribution in [0.15, 0.2) is 24.3 Å². The van der Waals surface area contributed by atoms with Crippen LogP contribution in [-0.2, 0) is 18.5 Å². The predicted octanol–water partition coefficient (Wildman–Crippen LogP) is 2.91. The first-order chi connectivity index (χ1) is 8.99. The molecular weight excluding hydrogens is 256 g/mol. The normalized spacial score (nSPS) is 11.6. The number of nitrogens with two attached hydrogens (primary N) is 1. The van der Waals surface area contributed by atoms with E-state index in [0.29, 0.717) is 6.54 Å². The Bertz CT molecular complexity index is 525. The number of benzene rings is 1. The van der Waals surface area contributed by atoms with Crippen LogP contribution in [0.2, 0.25) is 0 Å². The van der Waals surface area contributed by atoms with Crippen molar-refractivity contribution < 1.29 is 0 Å². The molecule has 0 atom stereocenters. The maximum Gasteiger partial charge on any atom is 0.202 e. The fourth-order valence-electron chi connectivity index (χ4n) is 1.57. The SMILES string of the molecule is CC(C)(C)c1nsc(NCc2ccc(CN)cc2)n1. The van der Waals surface area contributed by atoms with E-state index in [-0.39, 0.29) is 5.41 Å². The van der Waals surface area contributed by atoms with Gasteiger partial charge in [0.15, 0.2) is 0 Å². The van der Waals surface area contributed by atoms with E-state index in [1.807, 2.05) is 0 Å². The van der Waals surface area contributed by atoms with Gasteiger partial charge in [0, 0.05) is 30.0 Å². The molecule has 0 unspecified atom stereocenters. The Balaban J connectivity index is 1.96. The minimum absolute atomic E-state index is 0.000789. The highest BCUT2D eigenvalue weighted by Crippen LogP contribution is 2.23. The molecule has 1 aromatic carbocycles. The molecule has 0 fully saturated rings. The summed E-state index contributed by atoms with van der Waals surface area (Å²) in [6.45, 7) is 7.68. The lowest BCUT2D eigenvalue weighted by molar-refractivity contribution is 0.555. The van der Waals surface area contributed by atoms with Crippen molar-refractivity contribution >= 4 is 16.7 Å². The van der Waals surface area contributed by atoms with Gasteiger partial charge in [-0.15, -0.1) is 0 Å². The number of hydrogen-bond donors (Lipinski definition) is 2. The van der Waals surface area contributed by atoms with Crippen molar-refractivity contribution in [2.45, 2.75) is 39.3 Å². The lowest BCUT2D eigenvalue weighted by Gasteiger charge is -2.12. The Hall–Kier alpha value is -1.46. The van der Waals surface area contributed by atoms with Crippen molar-refractivity contribution in [1.29, 1.82) is 0 Å². The Morgan fingerprint density at radius 1 is 1.16 bits per heavy atom. The van der Waals surface area contributed by atoms with Gasteiger partial charge >= 0.3 is 0 Å². The standard InChI is InChI=1S/C14H20N4S/c1-14(2,3)12-17-13(19-18-12)16-9-11-6-4-10(8-15)5-7-11/h4-7H,8-9,15H2,1-3H3,(H,16,17,18). The molecule has 3 N–H and O–H groups in total. The van der Waals surface area contributed by atoms with Crippen LogP contribution in [0.3, 0.4) is 0 Å². The molecule has 2 aromatic rings. The second-order valence-corrected chi connectivity index (χ2v) is 6.30. The first-order valence-electron chi connectivity index (χ1n) is 6.35. The molecule has 0 bridgehead atoms. The topological polar surface area (TPSA) is 63.8 Å². The number of rotatable bonds is 4. The minimum atomic E-state index is -0.000789. The van der Waals surface area contributed by atoms with Crippen molar-refractivity contribution in [2.24, 2.45) is 5.73 Å². The molecule has 102 valence electrons. The summed E-state index contributed by atoms with van der Waals surface area (Å²) in [6.07, 6.45) is 0. The van der Waals surface area contributed by atoms with Gasteiger partial charge in [-0.1, -0.05) is 45.0 Å². The molecule has 0 aliphatic heterocycles. The maximum absolute atomic E-state index is 5.58. The molecule has 0 aliphatic rings. The van der Waals surface area contributed by atoms with Crippen molar-refractivity contribution in [1.82, 2.24) is 9.36 Å². The van der Waals surface area contributed by atoms with Crippen molar-refractivity contribution in [2.75, 3.05) is 5.32 Å². The molecule has 4 nitrogen and oxygen atoms in total. The fourth-order valence-corrected chi connectivity index (χ4v) is 2.32. The van der Waals surface area contributed by atoms with E-state index in [9.17, 15) is 0 Å². The maximum atomic E-state index is 5.58. The van der Waals surface area contributed by atoms with Gasteiger partial charge in [-0.25, -0.2) is 4.98 Å². The summed E-state index contributed by atoms with van der Waals surface area (Å²) in [4.78, 5) is 4.51. The van der Waals surface area contributed by atoms with Crippen molar-refractivity contribution in [3.8, 4) is 0 Å². The van der Waals surface area contributed by atoms with E-state index < -0.39 is 0 Å². The summed E-state index contributed by atoms with van der Waals surface area (Å²) in [5.41, 5.74) is 7.94. The summed E-state index contributed by atoms with van der Waals surface area (Å²) in [5, 5.41) is 4.17. The first kappa shape index (κ1) is 14.0. The molecule has 0 aliphatic carbocycles. The molecule has 0 saturated carbocycles. The van der Waals surface area contributed by atoms with E-state index in [2.05, 4.69) is 59.7 Å². The predicted molar refractivity (Wildman–Crippen MR) is 80.3 cm³/mol. The molecule has 0 radical (unpaired) electrons. The smallest absolute Gasteiger partial charge is 0.202 e. The number of anilines is 1. The van der Waals surface area contributed by atoms with Crippen LogP contribution >= 0.6 is 11.5 Å². The highest BCUT2D eigenvalue weighted by atomic mass is 32.1. The molecule has 0 amide bonds. The summed E-state index contributed by atoms with van der Waals surface area (Å²) in [5.74, 6) is 0.887. The van der Waals surface area contributed by atoms with Crippen molar-refractivity contribution in [3.63, 3.8) is 0 Å². The number of nitrogens with zero attached hydrogens (tertiary/aromatic N) is 2. The molecule has 19 heavy (non-hydrogen) atoms. The van der Waals surface area contributed by atoms with Gasteiger partial charge in [0.1, 0.15) is 5.82 Å². The third-order valence-electron chi connectivity index (χ3n) is 2.80. The van der Waals surface area contributed by atoms with E-state index in [1.165, 1.54) is 17.1 Å². The zero-order chi connectivity index (χ0) is 13.9. The van der Waals surface area contributed by atoms with Crippen LogP contribution < -0.4 is 11.1 Å². The molecule has 1 heterocycles.